The van der Waals surface area contributed by atoms with E-state index in [1.165, 1.54) is 30.0 Å². The minimum Gasteiger partial charge on any atom is -0.507 e. The molecule has 0 unspecified atom stereocenters. The number of phenols is 1. The third-order valence-electron chi connectivity index (χ3n) is 2.97. The lowest BCUT2D eigenvalue weighted by molar-refractivity contribution is -0.116. The predicted molar refractivity (Wildman–Crippen MR) is 77.7 cm³/mol. The van der Waals surface area contributed by atoms with Crippen LogP contribution in [0.2, 0.25) is 0 Å². The van der Waals surface area contributed by atoms with E-state index in [1.807, 2.05) is 0 Å². The molecule has 8 heteroatoms. The monoisotopic (exact) mass is 310 g/mol. The summed E-state index contributed by atoms with van der Waals surface area (Å²) in [6, 6.07) is 3.80. The predicted octanol–water partition coefficient (Wildman–Crippen LogP) is 1.59. The van der Waals surface area contributed by atoms with Gasteiger partial charge in [0, 0.05) is 37.0 Å². The molecule has 1 heterocycles. The smallest absolute Gasteiger partial charge is 0.339 e. The van der Waals surface area contributed by atoms with E-state index in [1.54, 1.807) is 4.90 Å². The first-order valence-electron chi connectivity index (χ1n) is 6.25. The topological polar surface area (TPSA) is 107 Å². The Morgan fingerprint density at radius 2 is 2.14 bits per heavy atom. The van der Waals surface area contributed by atoms with Crippen LogP contribution in [0, 0.1) is 0 Å². The van der Waals surface area contributed by atoms with Gasteiger partial charge in [0.25, 0.3) is 5.24 Å². The van der Waals surface area contributed by atoms with Crippen LogP contribution in [-0.4, -0.2) is 51.1 Å². The zero-order chi connectivity index (χ0) is 15.4. The van der Waals surface area contributed by atoms with Gasteiger partial charge in [-0.15, -0.1) is 0 Å². The number of amides is 2. The lowest BCUT2D eigenvalue weighted by atomic mass is 10.2. The maximum Gasteiger partial charge on any atom is 0.339 e. The number of benzene rings is 1. The van der Waals surface area contributed by atoms with Crippen molar-refractivity contribution in [1.82, 2.24) is 4.90 Å². The van der Waals surface area contributed by atoms with Crippen LogP contribution >= 0.6 is 11.8 Å². The van der Waals surface area contributed by atoms with Gasteiger partial charge >= 0.3 is 5.97 Å². The molecule has 1 aromatic carbocycles. The highest BCUT2D eigenvalue weighted by atomic mass is 32.2. The molecular weight excluding hydrogens is 296 g/mol. The molecule has 1 aliphatic rings. The van der Waals surface area contributed by atoms with Gasteiger partial charge in [0.05, 0.1) is 0 Å². The summed E-state index contributed by atoms with van der Waals surface area (Å²) in [5, 5.41) is 20.8. The Balaban J connectivity index is 1.89. The molecule has 1 aliphatic heterocycles. The summed E-state index contributed by atoms with van der Waals surface area (Å²) in [5.41, 5.74) is 0.0808. The van der Waals surface area contributed by atoms with Crippen molar-refractivity contribution in [3.63, 3.8) is 0 Å². The van der Waals surface area contributed by atoms with Gasteiger partial charge in [0.2, 0.25) is 5.91 Å². The van der Waals surface area contributed by atoms with Gasteiger partial charge in [-0.05, 0) is 12.1 Å². The first-order valence-corrected chi connectivity index (χ1v) is 7.24. The zero-order valence-electron chi connectivity index (χ0n) is 11.0. The Morgan fingerprint density at radius 3 is 2.71 bits per heavy atom. The van der Waals surface area contributed by atoms with Gasteiger partial charge < -0.3 is 20.4 Å². The van der Waals surface area contributed by atoms with Gasteiger partial charge in [-0.25, -0.2) is 4.79 Å². The molecule has 0 spiro atoms. The minimum absolute atomic E-state index is 0.0220. The van der Waals surface area contributed by atoms with Crippen molar-refractivity contribution in [2.75, 3.05) is 24.2 Å². The molecule has 0 atom stereocenters. The van der Waals surface area contributed by atoms with Gasteiger partial charge in [-0.2, -0.15) is 0 Å². The highest BCUT2D eigenvalue weighted by molar-refractivity contribution is 8.13. The highest BCUT2D eigenvalue weighted by Gasteiger charge is 2.21. The molecule has 1 aromatic rings. The van der Waals surface area contributed by atoms with Crippen molar-refractivity contribution in [3.05, 3.63) is 23.8 Å². The lowest BCUT2D eigenvalue weighted by Gasteiger charge is -2.14. The molecule has 1 saturated heterocycles. The number of carbonyl (C=O) groups excluding carboxylic acids is 2. The average Bonchev–Trinajstić information content (AvgIpc) is 2.81. The number of hydrogen-bond acceptors (Lipinski definition) is 5. The first-order chi connectivity index (χ1) is 9.97. The number of carbonyl (C=O) groups is 3. The maximum absolute atomic E-state index is 11.8. The largest absolute Gasteiger partial charge is 0.507 e. The van der Waals surface area contributed by atoms with Crippen LogP contribution in [0.25, 0.3) is 0 Å². The van der Waals surface area contributed by atoms with Crippen LogP contribution in [-0.2, 0) is 4.79 Å². The fourth-order valence-electron chi connectivity index (χ4n) is 1.88. The molecule has 0 aliphatic carbocycles. The average molecular weight is 310 g/mol. The fraction of sp³-hybridized carbons (Fsp3) is 0.308. The Labute approximate surface area is 124 Å². The quantitative estimate of drug-likeness (QED) is 0.762. The van der Waals surface area contributed by atoms with Crippen LogP contribution in [0.1, 0.15) is 16.8 Å². The molecule has 112 valence electrons. The maximum atomic E-state index is 11.8. The van der Waals surface area contributed by atoms with Crippen molar-refractivity contribution in [2.45, 2.75) is 6.42 Å². The Morgan fingerprint density at radius 1 is 1.38 bits per heavy atom. The Hall–Kier alpha value is -2.22. The number of aromatic carboxylic acids is 1. The number of carboxylic acids is 1. The number of aromatic hydroxyl groups is 1. The van der Waals surface area contributed by atoms with E-state index in [4.69, 9.17) is 5.11 Å². The van der Waals surface area contributed by atoms with E-state index < -0.39 is 11.7 Å². The summed E-state index contributed by atoms with van der Waals surface area (Å²) in [6.07, 6.45) is 0.147. The van der Waals surface area contributed by atoms with E-state index in [9.17, 15) is 19.5 Å². The van der Waals surface area contributed by atoms with Crippen molar-refractivity contribution >= 4 is 34.6 Å². The molecule has 21 heavy (non-hydrogen) atoms. The van der Waals surface area contributed by atoms with Gasteiger partial charge in [-0.3, -0.25) is 9.59 Å². The number of nitrogens with one attached hydrogen (secondary N) is 1. The highest BCUT2D eigenvalue weighted by Crippen LogP contribution is 2.22. The van der Waals surface area contributed by atoms with Crippen LogP contribution in [0.4, 0.5) is 10.5 Å². The molecule has 1 fully saturated rings. The second-order valence-corrected chi connectivity index (χ2v) is 5.48. The second-order valence-electron chi connectivity index (χ2n) is 4.44. The van der Waals surface area contributed by atoms with Crippen LogP contribution in [0.15, 0.2) is 18.2 Å². The normalized spacial score (nSPS) is 14.3. The van der Waals surface area contributed by atoms with Crippen molar-refractivity contribution < 1.29 is 24.6 Å². The molecule has 7 nitrogen and oxygen atoms in total. The lowest BCUT2D eigenvalue weighted by Crippen LogP contribution is -2.27. The molecular formula is C13H14N2O5S. The fourth-order valence-corrected chi connectivity index (χ4v) is 2.73. The Bertz CT molecular complexity index is 590. The number of rotatable bonds is 5. The number of thioether (sulfide) groups is 1. The summed E-state index contributed by atoms with van der Waals surface area (Å²) in [4.78, 5) is 35.5. The Kier molecular flexibility index (Phi) is 4.69. The number of hydrogen-bond donors (Lipinski definition) is 3. The van der Waals surface area contributed by atoms with E-state index in [2.05, 4.69) is 5.32 Å². The van der Waals surface area contributed by atoms with Crippen LogP contribution < -0.4 is 5.32 Å². The third-order valence-corrected chi connectivity index (χ3v) is 3.86. The summed E-state index contributed by atoms with van der Waals surface area (Å²) < 4.78 is 0. The molecule has 0 saturated carbocycles. The van der Waals surface area contributed by atoms with E-state index in [-0.39, 0.29) is 23.1 Å². The summed E-state index contributed by atoms with van der Waals surface area (Å²) in [5.74, 6) is -1.21. The molecule has 0 aromatic heterocycles. The summed E-state index contributed by atoms with van der Waals surface area (Å²) in [6.45, 7) is 0.988. The third kappa shape index (κ3) is 3.88. The molecule has 0 bridgehead atoms. The molecule has 0 radical (unpaired) electrons. The van der Waals surface area contributed by atoms with Gasteiger partial charge in [0.1, 0.15) is 11.3 Å². The SMILES string of the molecule is O=C(CCN1CCSC1=O)Nc1ccc(C(=O)O)c(O)c1. The van der Waals surface area contributed by atoms with Crippen LogP contribution in [0.3, 0.4) is 0 Å². The van der Waals surface area contributed by atoms with Crippen molar-refractivity contribution in [2.24, 2.45) is 0 Å². The summed E-state index contributed by atoms with van der Waals surface area (Å²) >= 11 is 1.23. The molecule has 3 N–H and O–H groups in total. The number of carboxylic acid groups (broad SMARTS) is 1. The minimum atomic E-state index is -1.24. The standard InChI is InChI=1S/C13H14N2O5S/c16-10-7-8(1-2-9(10)12(18)19)14-11(17)3-4-15-5-6-21-13(15)20/h1-2,7,16H,3-6H2,(H,14,17)(H,18,19). The number of anilines is 1. The first kappa shape index (κ1) is 15.2. The molecule has 2 amide bonds. The van der Waals surface area contributed by atoms with Crippen molar-refractivity contribution in [3.8, 4) is 5.75 Å². The summed E-state index contributed by atoms with van der Waals surface area (Å²) in [7, 11) is 0. The molecule has 2 rings (SSSR count). The number of nitrogens with zero attached hydrogens (tertiary/aromatic N) is 1. The van der Waals surface area contributed by atoms with Crippen LogP contribution in [0.5, 0.6) is 5.75 Å². The van der Waals surface area contributed by atoms with E-state index >= 15 is 0 Å². The van der Waals surface area contributed by atoms with Gasteiger partial charge in [0.15, 0.2) is 0 Å². The van der Waals surface area contributed by atoms with Crippen molar-refractivity contribution in [1.29, 1.82) is 0 Å². The van der Waals surface area contributed by atoms with E-state index in [0.717, 1.165) is 5.75 Å². The zero-order valence-corrected chi connectivity index (χ0v) is 11.9. The van der Waals surface area contributed by atoms with E-state index in [0.29, 0.717) is 18.8 Å². The van der Waals surface area contributed by atoms with Gasteiger partial charge in [-0.1, -0.05) is 11.8 Å². The second kappa shape index (κ2) is 6.49.